The molecule has 5 atom stereocenters. The molecule has 0 radical (unpaired) electrons. The lowest BCUT2D eigenvalue weighted by molar-refractivity contribution is -0.168. The summed E-state index contributed by atoms with van der Waals surface area (Å²) >= 11 is 6.08. The van der Waals surface area contributed by atoms with Gasteiger partial charge in [-0.25, -0.2) is 4.98 Å². The van der Waals surface area contributed by atoms with E-state index in [1.165, 1.54) is 0 Å². The van der Waals surface area contributed by atoms with E-state index in [0.29, 0.717) is 11.0 Å². The molecule has 4 aromatic rings. The van der Waals surface area contributed by atoms with Crippen LogP contribution < -0.4 is 5.73 Å². The Morgan fingerprint density at radius 1 is 1.07 bits per heavy atom. The average molecular weight is 573 g/mol. The summed E-state index contributed by atoms with van der Waals surface area (Å²) in [6.07, 6.45) is 6.25. The number of benzene rings is 2. The van der Waals surface area contributed by atoms with Gasteiger partial charge in [0.25, 0.3) is 0 Å². The van der Waals surface area contributed by atoms with Gasteiger partial charge < -0.3 is 24.5 Å². The highest BCUT2D eigenvalue weighted by Gasteiger charge is 2.52. The van der Waals surface area contributed by atoms with Gasteiger partial charge in [0, 0.05) is 12.6 Å². The molecule has 0 spiro atoms. The Balaban J connectivity index is 1.43. The highest BCUT2D eigenvalue weighted by Crippen LogP contribution is 2.41. The molecule has 0 unspecified atom stereocenters. The summed E-state index contributed by atoms with van der Waals surface area (Å²) in [6, 6.07) is 20.3. The van der Waals surface area contributed by atoms with Crippen molar-refractivity contribution in [1.29, 1.82) is 0 Å². The third-order valence-electron chi connectivity index (χ3n) is 7.40. The number of halogens is 1. The first-order valence-corrected chi connectivity index (χ1v) is 13.5. The quantitative estimate of drug-likeness (QED) is 0.178. The number of esters is 2. The van der Waals surface area contributed by atoms with Crippen molar-refractivity contribution in [2.45, 2.75) is 50.0 Å². The van der Waals surface area contributed by atoms with Crippen molar-refractivity contribution in [2.75, 3.05) is 12.3 Å². The molecule has 2 N–H and O–H groups in total. The Morgan fingerprint density at radius 3 is 2.29 bits per heavy atom. The molecule has 10 heteroatoms. The number of rotatable bonds is 8. The Labute approximate surface area is 242 Å². The monoisotopic (exact) mass is 572 g/mol. The Bertz CT molecular complexity index is 1600. The fourth-order valence-corrected chi connectivity index (χ4v) is 5.08. The highest BCUT2D eigenvalue weighted by atomic mass is 35.5. The summed E-state index contributed by atoms with van der Waals surface area (Å²) < 4.78 is 19.8. The maximum Gasteiger partial charge on any atom is 0.313 e. The number of carbonyl (C=O) groups excluding carboxylic acids is 2. The van der Waals surface area contributed by atoms with E-state index in [1.807, 2.05) is 60.7 Å². The van der Waals surface area contributed by atoms with E-state index in [9.17, 15) is 9.59 Å². The normalized spacial score (nSPS) is 21.6. The van der Waals surface area contributed by atoms with E-state index in [4.69, 9.17) is 38.0 Å². The van der Waals surface area contributed by atoms with Gasteiger partial charge in [0.2, 0.25) is 10.9 Å². The van der Waals surface area contributed by atoms with Crippen LogP contribution in [0.25, 0.3) is 11.0 Å². The number of hydrogen-bond donors (Lipinski definition) is 1. The molecule has 1 aliphatic heterocycles. The SMILES string of the molecule is C#C[C@]1(COC(=O)[C@@H](C)c2ccccc2)O[C@@H](n2ccc3c(N)nc(Cl)nc32)C[C@@H]1OC(=O)[C@@H](C)c1ccccc1. The molecule has 41 heavy (non-hydrogen) atoms. The first-order chi connectivity index (χ1) is 19.7. The number of nitrogens with two attached hydrogens (primary N) is 1. The number of anilines is 1. The van der Waals surface area contributed by atoms with E-state index in [2.05, 4.69) is 15.9 Å². The number of aromatic nitrogens is 3. The summed E-state index contributed by atoms with van der Waals surface area (Å²) in [4.78, 5) is 34.7. The molecular weight excluding hydrogens is 544 g/mol. The van der Waals surface area contributed by atoms with Crippen LogP contribution in [0, 0.1) is 12.3 Å². The summed E-state index contributed by atoms with van der Waals surface area (Å²) in [5.41, 5.74) is 6.49. The lowest BCUT2D eigenvalue weighted by Crippen LogP contribution is -2.46. The van der Waals surface area contributed by atoms with Gasteiger partial charge in [0.1, 0.15) is 30.4 Å². The number of nitrogens with zero attached hydrogens (tertiary/aromatic N) is 3. The van der Waals surface area contributed by atoms with Crippen molar-refractivity contribution in [3.8, 4) is 12.3 Å². The standard InChI is InChI=1S/C31H29ClN4O5/c1-4-31(18-39-28(37)19(2)21-11-7-5-8-12-21)24(40-29(38)20(3)22-13-9-6-10-14-22)17-25(41-31)36-16-15-23-26(33)34-30(32)35-27(23)36/h1,5-16,19-20,24-25H,17-18H2,2-3H3,(H2,33,34,35)/t19-,20-,24-,25+,31+/m0/s1. The molecule has 3 heterocycles. The fourth-order valence-electron chi connectivity index (χ4n) is 4.91. The smallest absolute Gasteiger partial charge is 0.313 e. The number of ether oxygens (including phenoxy) is 3. The van der Waals surface area contributed by atoms with Crippen LogP contribution >= 0.6 is 11.6 Å². The van der Waals surface area contributed by atoms with Crippen LogP contribution in [0.3, 0.4) is 0 Å². The van der Waals surface area contributed by atoms with Crippen LogP contribution in [-0.2, 0) is 23.8 Å². The van der Waals surface area contributed by atoms with Crippen LogP contribution in [0.1, 0.15) is 49.5 Å². The number of terminal acetylenes is 1. The molecule has 0 aliphatic carbocycles. The Morgan fingerprint density at radius 2 is 1.68 bits per heavy atom. The molecule has 2 aromatic carbocycles. The van der Waals surface area contributed by atoms with E-state index in [-0.39, 0.29) is 24.1 Å². The minimum absolute atomic E-state index is 0.0281. The predicted molar refractivity (Wildman–Crippen MR) is 154 cm³/mol. The minimum Gasteiger partial charge on any atom is -0.461 e. The summed E-state index contributed by atoms with van der Waals surface area (Å²) in [7, 11) is 0. The van der Waals surface area contributed by atoms with Crippen molar-refractivity contribution in [3.05, 3.63) is 89.3 Å². The van der Waals surface area contributed by atoms with Crippen molar-refractivity contribution in [2.24, 2.45) is 0 Å². The molecule has 0 bridgehead atoms. The minimum atomic E-state index is -1.57. The van der Waals surface area contributed by atoms with Crippen LogP contribution in [0.15, 0.2) is 72.9 Å². The summed E-state index contributed by atoms with van der Waals surface area (Å²) in [5.74, 6) is 0.766. The van der Waals surface area contributed by atoms with E-state index in [1.54, 1.807) is 30.7 Å². The lowest BCUT2D eigenvalue weighted by atomic mass is 9.97. The zero-order valence-electron chi connectivity index (χ0n) is 22.6. The van der Waals surface area contributed by atoms with Gasteiger partial charge in [-0.1, -0.05) is 66.6 Å². The molecule has 2 aromatic heterocycles. The molecule has 1 fully saturated rings. The topological polar surface area (TPSA) is 119 Å². The Kier molecular flexibility index (Phi) is 7.97. The highest BCUT2D eigenvalue weighted by molar-refractivity contribution is 6.28. The second-order valence-corrected chi connectivity index (χ2v) is 10.3. The Hall–Kier alpha value is -4.39. The van der Waals surface area contributed by atoms with Crippen LogP contribution in [-0.4, -0.2) is 44.8 Å². The zero-order chi connectivity index (χ0) is 29.1. The largest absolute Gasteiger partial charge is 0.461 e. The number of fused-ring (bicyclic) bond motifs is 1. The molecule has 5 rings (SSSR count). The van der Waals surface area contributed by atoms with E-state index < -0.39 is 41.7 Å². The van der Waals surface area contributed by atoms with Crippen molar-refractivity contribution < 1.29 is 23.8 Å². The average Bonchev–Trinajstić information content (AvgIpc) is 3.57. The first kappa shape index (κ1) is 28.1. The molecule has 1 aliphatic rings. The van der Waals surface area contributed by atoms with Crippen LogP contribution in [0.4, 0.5) is 5.82 Å². The fraction of sp³-hybridized carbons (Fsp3) is 0.290. The lowest BCUT2D eigenvalue weighted by Gasteiger charge is -2.29. The van der Waals surface area contributed by atoms with Crippen LogP contribution in [0.2, 0.25) is 5.28 Å². The van der Waals surface area contributed by atoms with Gasteiger partial charge in [-0.3, -0.25) is 9.59 Å². The van der Waals surface area contributed by atoms with Gasteiger partial charge in [-0.2, -0.15) is 4.98 Å². The summed E-state index contributed by atoms with van der Waals surface area (Å²) in [6.45, 7) is 3.17. The maximum atomic E-state index is 13.3. The van der Waals surface area contributed by atoms with Gasteiger partial charge in [0.05, 0.1) is 17.2 Å². The van der Waals surface area contributed by atoms with Gasteiger partial charge in [-0.05, 0) is 42.6 Å². The number of carbonyl (C=O) groups is 2. The summed E-state index contributed by atoms with van der Waals surface area (Å²) in [5, 5.41) is 0.546. The predicted octanol–water partition coefficient (Wildman–Crippen LogP) is 5.02. The molecular formula is C31H29ClN4O5. The molecule has 1 saturated heterocycles. The van der Waals surface area contributed by atoms with E-state index in [0.717, 1.165) is 11.1 Å². The first-order valence-electron chi connectivity index (χ1n) is 13.1. The van der Waals surface area contributed by atoms with E-state index >= 15 is 0 Å². The van der Waals surface area contributed by atoms with Gasteiger partial charge >= 0.3 is 11.9 Å². The zero-order valence-corrected chi connectivity index (χ0v) is 23.3. The third kappa shape index (κ3) is 5.62. The van der Waals surface area contributed by atoms with Crippen molar-refractivity contribution in [1.82, 2.24) is 14.5 Å². The second kappa shape index (κ2) is 11.6. The third-order valence-corrected chi connectivity index (χ3v) is 7.57. The molecule has 0 saturated carbocycles. The van der Waals surface area contributed by atoms with Crippen LogP contribution in [0.5, 0.6) is 0 Å². The number of hydrogen-bond acceptors (Lipinski definition) is 8. The van der Waals surface area contributed by atoms with Gasteiger partial charge in [0.15, 0.2) is 0 Å². The molecule has 0 amide bonds. The molecule has 9 nitrogen and oxygen atoms in total. The van der Waals surface area contributed by atoms with Crippen molar-refractivity contribution in [3.63, 3.8) is 0 Å². The number of nitrogen functional groups attached to an aromatic ring is 1. The molecule has 210 valence electrons. The second-order valence-electron chi connectivity index (χ2n) is 9.98. The van der Waals surface area contributed by atoms with Gasteiger partial charge in [-0.15, -0.1) is 6.42 Å². The maximum absolute atomic E-state index is 13.3. The van der Waals surface area contributed by atoms with Crippen molar-refractivity contribution >= 4 is 40.4 Å².